The van der Waals surface area contributed by atoms with Crippen molar-refractivity contribution in [1.82, 2.24) is 10.2 Å². The Hall–Kier alpha value is -2.92. The number of likely N-dealkylation sites (N-methyl/N-ethyl adjacent to an activating group) is 1. The topological polar surface area (TPSA) is 35.6 Å². The summed E-state index contributed by atoms with van der Waals surface area (Å²) in [6.45, 7) is 5.34. The molecule has 150 valence electrons. The molecule has 5 heteroatoms. The first-order valence-electron chi connectivity index (χ1n) is 10.0. The Morgan fingerprint density at radius 2 is 1.69 bits per heavy atom. The summed E-state index contributed by atoms with van der Waals surface area (Å²) in [7, 11) is 2.07. The maximum absolute atomic E-state index is 14.7. The molecule has 1 amide bonds. The predicted octanol–water partition coefficient (Wildman–Crippen LogP) is 4.22. The summed E-state index contributed by atoms with van der Waals surface area (Å²) < 4.78 is 14.7. The number of carbonyl (C=O) groups is 1. The summed E-state index contributed by atoms with van der Waals surface area (Å²) in [6.07, 6.45) is 0. The lowest BCUT2D eigenvalue weighted by Gasteiger charge is -2.34. The second-order valence-electron chi connectivity index (χ2n) is 7.76. The van der Waals surface area contributed by atoms with E-state index in [1.807, 2.05) is 30.0 Å². The van der Waals surface area contributed by atoms with Crippen LogP contribution in [0.3, 0.4) is 0 Å². The number of nitrogens with one attached hydrogen (secondary N) is 1. The number of carbonyl (C=O) groups excluding carboxylic acids is 1. The third-order valence-corrected chi connectivity index (χ3v) is 5.67. The molecule has 1 aliphatic rings. The van der Waals surface area contributed by atoms with Crippen molar-refractivity contribution in [3.8, 4) is 0 Å². The monoisotopic (exact) mass is 391 g/mol. The number of amides is 1. The molecule has 1 unspecified atom stereocenters. The number of fused-ring (bicyclic) bond motifs is 1. The van der Waals surface area contributed by atoms with E-state index in [1.165, 1.54) is 6.07 Å². The summed E-state index contributed by atoms with van der Waals surface area (Å²) in [5, 5.41) is 5.28. The third kappa shape index (κ3) is 4.25. The van der Waals surface area contributed by atoms with Crippen molar-refractivity contribution < 1.29 is 9.18 Å². The average Bonchev–Trinajstić information content (AvgIpc) is 2.74. The minimum absolute atomic E-state index is 0.174. The molecule has 1 atom stereocenters. The zero-order valence-corrected chi connectivity index (χ0v) is 16.9. The Bertz CT molecular complexity index is 1030. The molecule has 0 spiro atoms. The Morgan fingerprint density at radius 3 is 2.41 bits per heavy atom. The van der Waals surface area contributed by atoms with Crippen LogP contribution < -0.4 is 10.2 Å². The minimum atomic E-state index is -0.347. The number of piperazine rings is 1. The lowest BCUT2D eigenvalue weighted by Crippen LogP contribution is -2.44. The highest BCUT2D eigenvalue weighted by molar-refractivity contribution is 5.95. The SMILES string of the molecule is CC(NC(=O)c1ccc(N2CCN(C)CC2)c(F)c1)c1ccc2ccccc2c1. The second-order valence-corrected chi connectivity index (χ2v) is 7.76. The van der Waals surface area contributed by atoms with Gasteiger partial charge in [0.1, 0.15) is 5.82 Å². The Kier molecular flexibility index (Phi) is 5.49. The van der Waals surface area contributed by atoms with Crippen LogP contribution in [0.25, 0.3) is 10.8 Å². The highest BCUT2D eigenvalue weighted by Gasteiger charge is 2.19. The van der Waals surface area contributed by atoms with Gasteiger partial charge in [0.25, 0.3) is 5.91 Å². The van der Waals surface area contributed by atoms with Gasteiger partial charge in [-0.05, 0) is 54.6 Å². The number of halogens is 1. The van der Waals surface area contributed by atoms with Crippen molar-refractivity contribution in [2.75, 3.05) is 38.1 Å². The number of anilines is 1. The van der Waals surface area contributed by atoms with Gasteiger partial charge in [0.2, 0.25) is 0 Å². The van der Waals surface area contributed by atoms with Crippen molar-refractivity contribution in [2.45, 2.75) is 13.0 Å². The number of rotatable bonds is 4. The first-order chi connectivity index (χ1) is 14.0. The highest BCUT2D eigenvalue weighted by Crippen LogP contribution is 2.23. The summed E-state index contributed by atoms with van der Waals surface area (Å²) in [5.41, 5.74) is 1.93. The van der Waals surface area contributed by atoms with Gasteiger partial charge < -0.3 is 15.1 Å². The van der Waals surface area contributed by atoms with Gasteiger partial charge in [-0.2, -0.15) is 0 Å². The molecule has 3 aromatic rings. The van der Waals surface area contributed by atoms with Crippen LogP contribution in [-0.2, 0) is 0 Å². The van der Waals surface area contributed by atoms with E-state index < -0.39 is 0 Å². The fourth-order valence-electron chi connectivity index (χ4n) is 3.79. The standard InChI is InChI=1S/C24H26FN3O/c1-17(19-8-7-18-5-3-4-6-20(18)15-19)26-24(29)21-9-10-23(22(25)16-21)28-13-11-27(2)12-14-28/h3-10,15-17H,11-14H2,1-2H3,(H,26,29). The summed E-state index contributed by atoms with van der Waals surface area (Å²) in [6, 6.07) is 18.9. The molecule has 4 rings (SSSR count). The fourth-order valence-corrected chi connectivity index (χ4v) is 3.79. The van der Waals surface area contributed by atoms with E-state index in [0.29, 0.717) is 11.3 Å². The van der Waals surface area contributed by atoms with E-state index in [4.69, 9.17) is 0 Å². The van der Waals surface area contributed by atoms with Gasteiger partial charge in [-0.25, -0.2) is 4.39 Å². The third-order valence-electron chi connectivity index (χ3n) is 5.67. The molecule has 1 saturated heterocycles. The van der Waals surface area contributed by atoms with Crippen LogP contribution in [0.5, 0.6) is 0 Å². The van der Waals surface area contributed by atoms with Gasteiger partial charge in [0.05, 0.1) is 11.7 Å². The molecule has 0 radical (unpaired) electrons. The largest absolute Gasteiger partial charge is 0.367 e. The van der Waals surface area contributed by atoms with Crippen LogP contribution in [-0.4, -0.2) is 44.0 Å². The zero-order chi connectivity index (χ0) is 20.4. The molecule has 0 aromatic heterocycles. The molecule has 1 heterocycles. The van der Waals surface area contributed by atoms with Crippen molar-refractivity contribution in [1.29, 1.82) is 0 Å². The Labute approximate surface area is 170 Å². The van der Waals surface area contributed by atoms with Crippen molar-refractivity contribution >= 4 is 22.4 Å². The first-order valence-corrected chi connectivity index (χ1v) is 10.0. The number of hydrogen-bond donors (Lipinski definition) is 1. The van der Waals surface area contributed by atoms with Gasteiger partial charge in [0, 0.05) is 31.7 Å². The van der Waals surface area contributed by atoms with Gasteiger partial charge in [-0.1, -0.05) is 36.4 Å². The van der Waals surface area contributed by atoms with Gasteiger partial charge >= 0.3 is 0 Å². The first kappa shape index (κ1) is 19.4. The Morgan fingerprint density at radius 1 is 0.966 bits per heavy atom. The van der Waals surface area contributed by atoms with Gasteiger partial charge in [0.15, 0.2) is 0 Å². The Balaban J connectivity index is 1.46. The second kappa shape index (κ2) is 8.21. The highest BCUT2D eigenvalue weighted by atomic mass is 19.1. The van der Waals surface area contributed by atoms with Crippen LogP contribution in [0, 0.1) is 5.82 Å². The molecule has 29 heavy (non-hydrogen) atoms. The van der Waals surface area contributed by atoms with Gasteiger partial charge in [-0.15, -0.1) is 0 Å². The molecule has 0 saturated carbocycles. The van der Waals surface area contributed by atoms with Crippen LogP contribution in [0.15, 0.2) is 60.7 Å². The number of hydrogen-bond acceptors (Lipinski definition) is 3. The summed E-state index contributed by atoms with van der Waals surface area (Å²) in [5.74, 6) is -0.616. The van der Waals surface area contributed by atoms with Crippen molar-refractivity contribution in [3.63, 3.8) is 0 Å². The molecule has 1 fully saturated rings. The molecular formula is C24H26FN3O. The maximum Gasteiger partial charge on any atom is 0.251 e. The molecule has 1 aliphatic heterocycles. The quantitative estimate of drug-likeness (QED) is 0.723. The average molecular weight is 391 g/mol. The lowest BCUT2D eigenvalue weighted by molar-refractivity contribution is 0.0939. The van der Waals surface area contributed by atoms with E-state index in [1.54, 1.807) is 12.1 Å². The summed E-state index contributed by atoms with van der Waals surface area (Å²) in [4.78, 5) is 16.9. The number of nitrogens with zero attached hydrogens (tertiary/aromatic N) is 2. The lowest BCUT2D eigenvalue weighted by atomic mass is 10.0. The zero-order valence-electron chi connectivity index (χ0n) is 16.9. The molecule has 3 aromatic carbocycles. The number of benzene rings is 3. The maximum atomic E-state index is 14.7. The molecular weight excluding hydrogens is 365 g/mol. The normalized spacial score (nSPS) is 16.0. The van der Waals surface area contributed by atoms with Crippen LogP contribution in [0.2, 0.25) is 0 Å². The van der Waals surface area contributed by atoms with Crippen LogP contribution in [0.4, 0.5) is 10.1 Å². The van der Waals surface area contributed by atoms with Crippen LogP contribution in [0.1, 0.15) is 28.9 Å². The van der Waals surface area contributed by atoms with E-state index in [9.17, 15) is 9.18 Å². The molecule has 0 aliphatic carbocycles. The molecule has 1 N–H and O–H groups in total. The van der Waals surface area contributed by atoms with E-state index in [2.05, 4.69) is 41.5 Å². The van der Waals surface area contributed by atoms with Gasteiger partial charge in [-0.3, -0.25) is 4.79 Å². The van der Waals surface area contributed by atoms with E-state index in [-0.39, 0.29) is 17.8 Å². The van der Waals surface area contributed by atoms with E-state index in [0.717, 1.165) is 42.5 Å². The molecule has 4 nitrogen and oxygen atoms in total. The molecule has 0 bridgehead atoms. The van der Waals surface area contributed by atoms with Crippen molar-refractivity contribution in [2.24, 2.45) is 0 Å². The predicted molar refractivity (Wildman–Crippen MR) is 116 cm³/mol. The van der Waals surface area contributed by atoms with Crippen molar-refractivity contribution in [3.05, 3.63) is 77.6 Å². The van der Waals surface area contributed by atoms with Crippen LogP contribution >= 0.6 is 0 Å². The smallest absolute Gasteiger partial charge is 0.251 e. The minimum Gasteiger partial charge on any atom is -0.367 e. The fraction of sp³-hybridized carbons (Fsp3) is 0.292. The van der Waals surface area contributed by atoms with E-state index >= 15 is 0 Å². The summed E-state index contributed by atoms with van der Waals surface area (Å²) >= 11 is 0.